The van der Waals surface area contributed by atoms with Gasteiger partial charge in [0.25, 0.3) is 0 Å². The van der Waals surface area contributed by atoms with Crippen LogP contribution in [0.1, 0.15) is 120 Å². The number of rotatable bonds is 8. The molecule has 4 aliphatic carbocycles. The minimum Gasteiger partial charge on any atom is -0.465 e. The number of hydrogen-bond donors (Lipinski definition) is 0. The molecule has 0 bridgehead atoms. The first-order valence-corrected chi connectivity index (χ1v) is 15.6. The van der Waals surface area contributed by atoms with Gasteiger partial charge < -0.3 is 9.47 Å². The lowest BCUT2D eigenvalue weighted by molar-refractivity contribution is -0.170. The molecular weight excluding hydrogens is 504 g/mol. The number of esters is 2. The van der Waals surface area contributed by atoms with Crippen LogP contribution < -0.4 is 0 Å². The van der Waals surface area contributed by atoms with Crippen molar-refractivity contribution in [3.63, 3.8) is 0 Å². The molecule has 6 nitrogen and oxygen atoms in total. The van der Waals surface area contributed by atoms with Crippen LogP contribution in [0.3, 0.4) is 0 Å². The third kappa shape index (κ3) is 4.79. The normalized spacial score (nSPS) is 37.5. The largest absolute Gasteiger partial charge is 0.465 e. The van der Waals surface area contributed by atoms with Crippen LogP contribution in [-0.2, 0) is 28.7 Å². The Hall–Kier alpha value is -1.98. The molecule has 2 saturated carbocycles. The van der Waals surface area contributed by atoms with Crippen molar-refractivity contribution in [2.75, 3.05) is 6.61 Å². The zero-order chi connectivity index (χ0) is 29.8. The van der Waals surface area contributed by atoms with Gasteiger partial charge in [-0.25, -0.2) is 0 Å². The van der Waals surface area contributed by atoms with Crippen molar-refractivity contribution in [2.24, 2.45) is 45.3 Å². The Morgan fingerprint density at radius 3 is 2.17 bits per heavy atom. The molecule has 40 heavy (non-hydrogen) atoms. The zero-order valence-electron chi connectivity index (χ0n) is 26.4. The number of fused-ring (bicyclic) bond motifs is 4. The van der Waals surface area contributed by atoms with Crippen molar-refractivity contribution in [1.29, 1.82) is 0 Å². The lowest BCUT2D eigenvalue weighted by Gasteiger charge is -2.61. The highest BCUT2D eigenvalue weighted by molar-refractivity contribution is 6.11. The van der Waals surface area contributed by atoms with Crippen LogP contribution >= 0.6 is 0 Å². The second-order valence-corrected chi connectivity index (χ2v) is 15.1. The predicted octanol–water partition coefficient (Wildman–Crippen LogP) is 7.03. The summed E-state index contributed by atoms with van der Waals surface area (Å²) in [7, 11) is 0. The molecule has 6 heteroatoms. The maximum Gasteiger partial charge on any atom is 0.302 e. The van der Waals surface area contributed by atoms with Crippen LogP contribution in [0.15, 0.2) is 11.1 Å². The van der Waals surface area contributed by atoms with Gasteiger partial charge in [-0.3, -0.25) is 19.2 Å². The molecule has 0 aromatic rings. The Morgan fingerprint density at radius 2 is 1.57 bits per heavy atom. The van der Waals surface area contributed by atoms with Crippen LogP contribution in [0.25, 0.3) is 0 Å². The topological polar surface area (TPSA) is 86.7 Å². The van der Waals surface area contributed by atoms with E-state index in [-0.39, 0.29) is 48.1 Å². The van der Waals surface area contributed by atoms with Crippen LogP contribution in [0.5, 0.6) is 0 Å². The van der Waals surface area contributed by atoms with Crippen LogP contribution in [0.4, 0.5) is 0 Å². The fourth-order valence-electron chi connectivity index (χ4n) is 9.86. The summed E-state index contributed by atoms with van der Waals surface area (Å²) in [6.07, 6.45) is 6.89. The van der Waals surface area contributed by atoms with Crippen molar-refractivity contribution in [2.45, 2.75) is 126 Å². The van der Waals surface area contributed by atoms with E-state index < -0.39 is 21.7 Å². The van der Waals surface area contributed by atoms with Gasteiger partial charge in [-0.05, 0) is 49.4 Å². The minimum absolute atomic E-state index is 0.0585. The standard InChI is InChI=1S/C34H52O6/c1-20(2)11-10-12-21(3)24-13-16-33(9)30-25(37)17-27-31(6,7)28(40-23(5)36)14-15-32(27,8)29(30)26(38)18-34(24,33)19-39-22(4)35/h20-21,24,27-28H,10-19H2,1-9H3/t21?,24-,27+,28+,32+,33+,34+/m1/s1. The van der Waals surface area contributed by atoms with Crippen molar-refractivity contribution in [3.05, 3.63) is 11.1 Å². The molecule has 2 fully saturated rings. The monoisotopic (exact) mass is 556 g/mol. The van der Waals surface area contributed by atoms with Gasteiger partial charge in [-0.2, -0.15) is 0 Å². The summed E-state index contributed by atoms with van der Waals surface area (Å²) in [5.41, 5.74) is -0.535. The third-order valence-electron chi connectivity index (χ3n) is 12.0. The molecule has 0 saturated heterocycles. The fourth-order valence-corrected chi connectivity index (χ4v) is 9.86. The third-order valence-corrected chi connectivity index (χ3v) is 12.0. The first-order chi connectivity index (χ1) is 18.5. The molecule has 224 valence electrons. The summed E-state index contributed by atoms with van der Waals surface area (Å²) in [5.74, 6) is 0.601. The zero-order valence-corrected chi connectivity index (χ0v) is 26.4. The van der Waals surface area contributed by atoms with Gasteiger partial charge in [0, 0.05) is 59.5 Å². The summed E-state index contributed by atoms with van der Waals surface area (Å²) in [6.45, 7) is 18.4. The Labute approximate surface area is 241 Å². The molecular formula is C34H52O6. The number of ketones is 2. The molecule has 0 aromatic heterocycles. The number of ether oxygens (including phenoxy) is 2. The van der Waals surface area contributed by atoms with Crippen molar-refractivity contribution in [3.8, 4) is 0 Å². The quantitative estimate of drug-likeness (QED) is 0.298. The summed E-state index contributed by atoms with van der Waals surface area (Å²) < 4.78 is 11.5. The molecule has 0 amide bonds. The molecule has 0 aliphatic heterocycles. The van der Waals surface area contributed by atoms with E-state index in [0.29, 0.717) is 37.5 Å². The van der Waals surface area contributed by atoms with Gasteiger partial charge in [-0.15, -0.1) is 0 Å². The second-order valence-electron chi connectivity index (χ2n) is 15.1. The van der Waals surface area contributed by atoms with E-state index in [4.69, 9.17) is 9.47 Å². The lowest BCUT2D eigenvalue weighted by Crippen LogP contribution is -2.60. The summed E-state index contributed by atoms with van der Waals surface area (Å²) >= 11 is 0. The summed E-state index contributed by atoms with van der Waals surface area (Å²) in [4.78, 5) is 52.8. The Balaban J connectivity index is 1.80. The van der Waals surface area contributed by atoms with E-state index in [0.717, 1.165) is 36.8 Å². The number of carbonyl (C=O) groups is 4. The molecule has 4 rings (SSSR count). The number of Topliss-reactive ketones (excluding diaryl/α,β-unsaturated/α-hetero) is 2. The average molecular weight is 557 g/mol. The van der Waals surface area contributed by atoms with E-state index >= 15 is 0 Å². The number of allylic oxidation sites excluding steroid dienone is 2. The molecule has 0 aromatic carbocycles. The first kappa shape index (κ1) is 31.0. The Kier molecular flexibility index (Phi) is 8.28. The van der Waals surface area contributed by atoms with E-state index in [9.17, 15) is 19.2 Å². The van der Waals surface area contributed by atoms with E-state index in [2.05, 4.69) is 48.5 Å². The molecule has 0 heterocycles. The molecule has 0 radical (unpaired) electrons. The SMILES string of the molecule is CC(=O)OC[C@]12CC(=O)C3=C(C(=O)C[C@H]4C(C)(C)[C@@H](OC(C)=O)CC[C@]34C)[C@]1(C)CC[C@@H]2C(C)CCCC(C)C. The highest BCUT2D eigenvalue weighted by atomic mass is 16.5. The first-order valence-electron chi connectivity index (χ1n) is 15.6. The Morgan fingerprint density at radius 1 is 0.900 bits per heavy atom. The van der Waals surface area contributed by atoms with E-state index in [1.807, 2.05) is 0 Å². The molecule has 0 N–H and O–H groups in total. The van der Waals surface area contributed by atoms with Gasteiger partial charge >= 0.3 is 11.9 Å². The van der Waals surface area contributed by atoms with Crippen LogP contribution in [-0.4, -0.2) is 36.2 Å². The van der Waals surface area contributed by atoms with Gasteiger partial charge in [0.1, 0.15) is 6.10 Å². The van der Waals surface area contributed by atoms with Crippen molar-refractivity contribution < 1.29 is 28.7 Å². The van der Waals surface area contributed by atoms with E-state index in [1.165, 1.54) is 20.3 Å². The average Bonchev–Trinajstić information content (AvgIpc) is 3.13. The smallest absolute Gasteiger partial charge is 0.302 e. The molecule has 0 spiro atoms. The maximum atomic E-state index is 14.5. The van der Waals surface area contributed by atoms with Crippen molar-refractivity contribution in [1.82, 2.24) is 0 Å². The Bertz CT molecular complexity index is 1100. The van der Waals surface area contributed by atoms with Gasteiger partial charge in [0.15, 0.2) is 11.6 Å². The molecule has 4 aliphatic rings. The van der Waals surface area contributed by atoms with E-state index in [1.54, 1.807) is 0 Å². The second kappa shape index (κ2) is 10.7. The van der Waals surface area contributed by atoms with Crippen LogP contribution in [0.2, 0.25) is 0 Å². The van der Waals surface area contributed by atoms with Gasteiger partial charge in [0.2, 0.25) is 0 Å². The lowest BCUT2D eigenvalue weighted by atomic mass is 9.42. The highest BCUT2D eigenvalue weighted by Gasteiger charge is 2.69. The fraction of sp³-hybridized carbons (Fsp3) is 0.824. The highest BCUT2D eigenvalue weighted by Crippen LogP contribution is 2.71. The summed E-state index contributed by atoms with van der Waals surface area (Å²) in [6, 6.07) is 0. The van der Waals surface area contributed by atoms with Gasteiger partial charge in [0.05, 0.1) is 6.61 Å². The minimum atomic E-state index is -0.574. The number of hydrogen-bond acceptors (Lipinski definition) is 6. The summed E-state index contributed by atoms with van der Waals surface area (Å²) in [5, 5.41) is 0. The predicted molar refractivity (Wildman–Crippen MR) is 154 cm³/mol. The molecule has 1 unspecified atom stereocenters. The number of carbonyl (C=O) groups excluding carboxylic acids is 4. The molecule has 7 atom stereocenters. The van der Waals surface area contributed by atoms with Gasteiger partial charge in [-0.1, -0.05) is 67.7 Å². The maximum absolute atomic E-state index is 14.5. The van der Waals surface area contributed by atoms with Crippen LogP contribution in [0, 0.1) is 45.3 Å². The van der Waals surface area contributed by atoms with Crippen molar-refractivity contribution >= 4 is 23.5 Å².